The Morgan fingerprint density at radius 1 is 1.08 bits per heavy atom. The first kappa shape index (κ1) is 16.0. The van der Waals surface area contributed by atoms with Crippen molar-refractivity contribution in [2.24, 2.45) is 0 Å². The summed E-state index contributed by atoms with van der Waals surface area (Å²) in [4.78, 5) is 19.2. The molecule has 0 bridgehead atoms. The van der Waals surface area contributed by atoms with Crippen molar-refractivity contribution in [2.45, 2.75) is 6.61 Å². The molecule has 0 atom stereocenters. The molecule has 0 amide bonds. The van der Waals surface area contributed by atoms with Crippen molar-refractivity contribution in [3.8, 4) is 17.1 Å². The molecule has 6 heteroatoms. The van der Waals surface area contributed by atoms with E-state index in [1.54, 1.807) is 12.1 Å². The van der Waals surface area contributed by atoms with E-state index in [-0.39, 0.29) is 12.4 Å². The van der Waals surface area contributed by atoms with Crippen LogP contribution in [0.3, 0.4) is 0 Å². The maximum absolute atomic E-state index is 11.4. The molecule has 0 spiro atoms. The second kappa shape index (κ2) is 6.76. The van der Waals surface area contributed by atoms with E-state index >= 15 is 0 Å². The number of carbonyl (C=O) groups excluding carboxylic acids is 1. The van der Waals surface area contributed by atoms with Gasteiger partial charge >= 0.3 is 5.97 Å². The van der Waals surface area contributed by atoms with Gasteiger partial charge in [-0.2, -0.15) is 0 Å². The van der Waals surface area contributed by atoms with E-state index in [0.717, 1.165) is 22.4 Å². The fraction of sp³-hybridized carbons (Fsp3) is 0.100. The highest BCUT2D eigenvalue weighted by Gasteiger charge is 2.11. The molecule has 0 saturated carbocycles. The Morgan fingerprint density at radius 3 is 2.65 bits per heavy atom. The first-order valence-corrected chi connectivity index (χ1v) is 8.08. The lowest BCUT2D eigenvalue weighted by molar-refractivity contribution is 0.0561. The van der Waals surface area contributed by atoms with E-state index in [2.05, 4.69) is 14.7 Å². The summed E-state index contributed by atoms with van der Waals surface area (Å²) in [6.45, 7) is 0.223. The molecule has 2 aromatic heterocycles. The molecule has 0 saturated heterocycles. The quantitative estimate of drug-likeness (QED) is 0.547. The van der Waals surface area contributed by atoms with Crippen LogP contribution in [-0.2, 0) is 11.3 Å². The van der Waals surface area contributed by atoms with E-state index in [4.69, 9.17) is 9.15 Å². The Hall–Kier alpha value is -3.54. The fourth-order valence-electron chi connectivity index (χ4n) is 2.62. The minimum absolute atomic E-state index is 0.159. The molecule has 0 aliphatic heterocycles. The first-order valence-electron chi connectivity index (χ1n) is 8.08. The van der Waals surface area contributed by atoms with Crippen molar-refractivity contribution in [1.82, 2.24) is 9.97 Å². The summed E-state index contributed by atoms with van der Waals surface area (Å²) in [7, 11) is 1.31. The minimum atomic E-state index is -0.508. The number of hydrogen-bond donors (Lipinski definition) is 1. The van der Waals surface area contributed by atoms with Gasteiger partial charge in [0.05, 0.1) is 18.1 Å². The van der Waals surface area contributed by atoms with Crippen molar-refractivity contribution in [2.75, 3.05) is 7.11 Å². The first-order chi connectivity index (χ1) is 12.7. The standard InChI is InChI=1S/C20H16N2O4/c1-24-20(23)18-11-10-15(26-18)12-25-14-8-6-13(7-9-14)19-21-16-4-2-3-5-17(16)22-19/h2-11H,12H2,1H3,(H,21,22). The van der Waals surface area contributed by atoms with Gasteiger partial charge in [0.2, 0.25) is 5.76 Å². The van der Waals surface area contributed by atoms with Crippen LogP contribution in [0.5, 0.6) is 5.75 Å². The van der Waals surface area contributed by atoms with Crippen LogP contribution in [0.25, 0.3) is 22.4 Å². The van der Waals surface area contributed by atoms with Gasteiger partial charge in [0.1, 0.15) is 23.9 Å². The van der Waals surface area contributed by atoms with E-state index in [1.165, 1.54) is 7.11 Å². The van der Waals surface area contributed by atoms with Gasteiger partial charge in [0, 0.05) is 5.56 Å². The summed E-state index contributed by atoms with van der Waals surface area (Å²) >= 11 is 0. The number of rotatable bonds is 5. The van der Waals surface area contributed by atoms with Gasteiger partial charge in [-0.05, 0) is 48.5 Å². The number of hydrogen-bond acceptors (Lipinski definition) is 5. The SMILES string of the molecule is COC(=O)c1ccc(COc2ccc(-c3nc4ccccc4[nH]3)cc2)o1. The number of methoxy groups -OCH3 is 1. The van der Waals surface area contributed by atoms with Crippen LogP contribution >= 0.6 is 0 Å². The Balaban J connectivity index is 1.44. The third-order valence-corrected chi connectivity index (χ3v) is 3.95. The van der Waals surface area contributed by atoms with Crippen LogP contribution in [0, 0.1) is 0 Å². The Morgan fingerprint density at radius 2 is 1.88 bits per heavy atom. The van der Waals surface area contributed by atoms with E-state index < -0.39 is 5.97 Å². The van der Waals surface area contributed by atoms with Gasteiger partial charge < -0.3 is 18.9 Å². The fourth-order valence-corrected chi connectivity index (χ4v) is 2.62. The largest absolute Gasteiger partial charge is 0.486 e. The summed E-state index contributed by atoms with van der Waals surface area (Å²) in [6.07, 6.45) is 0. The summed E-state index contributed by atoms with van der Waals surface area (Å²) in [6, 6.07) is 18.8. The molecule has 130 valence electrons. The number of furan rings is 1. The second-order valence-corrected chi connectivity index (χ2v) is 5.67. The average molecular weight is 348 g/mol. The lowest BCUT2D eigenvalue weighted by Crippen LogP contribution is -1.99. The van der Waals surface area contributed by atoms with Gasteiger partial charge in [-0.25, -0.2) is 9.78 Å². The summed E-state index contributed by atoms with van der Waals surface area (Å²) in [5, 5.41) is 0. The smallest absolute Gasteiger partial charge is 0.373 e. The van der Waals surface area contributed by atoms with Crippen LogP contribution in [0.15, 0.2) is 65.1 Å². The number of ether oxygens (including phenoxy) is 2. The number of benzene rings is 2. The third-order valence-electron chi connectivity index (χ3n) is 3.95. The Bertz CT molecular complexity index is 1010. The molecule has 4 rings (SSSR count). The van der Waals surface area contributed by atoms with Gasteiger partial charge in [0.15, 0.2) is 0 Å². The zero-order valence-electron chi connectivity index (χ0n) is 14.1. The molecule has 0 unspecified atom stereocenters. The minimum Gasteiger partial charge on any atom is -0.486 e. The summed E-state index contributed by atoms with van der Waals surface area (Å²) < 4.78 is 15.7. The van der Waals surface area contributed by atoms with E-state index in [1.807, 2.05) is 48.5 Å². The number of aromatic amines is 1. The number of H-pyrrole nitrogens is 1. The Labute approximate surface area is 149 Å². The van der Waals surface area contributed by atoms with Gasteiger partial charge in [-0.3, -0.25) is 0 Å². The van der Waals surface area contributed by atoms with Gasteiger partial charge in [0.25, 0.3) is 0 Å². The number of para-hydroxylation sites is 2. The molecular weight excluding hydrogens is 332 g/mol. The number of nitrogens with zero attached hydrogens (tertiary/aromatic N) is 1. The molecule has 2 heterocycles. The van der Waals surface area contributed by atoms with Crippen LogP contribution in [-0.4, -0.2) is 23.0 Å². The molecule has 0 aliphatic rings. The maximum Gasteiger partial charge on any atom is 0.373 e. The number of nitrogens with one attached hydrogen (secondary N) is 1. The predicted molar refractivity (Wildman–Crippen MR) is 95.9 cm³/mol. The van der Waals surface area contributed by atoms with E-state index in [9.17, 15) is 4.79 Å². The van der Waals surface area contributed by atoms with Crippen molar-refractivity contribution in [3.05, 3.63) is 72.2 Å². The number of imidazole rings is 1. The van der Waals surface area contributed by atoms with Crippen molar-refractivity contribution >= 4 is 17.0 Å². The summed E-state index contributed by atoms with van der Waals surface area (Å²) in [5.41, 5.74) is 2.91. The summed E-state index contributed by atoms with van der Waals surface area (Å²) in [5.74, 6) is 1.71. The second-order valence-electron chi connectivity index (χ2n) is 5.67. The van der Waals surface area contributed by atoms with Crippen molar-refractivity contribution < 1.29 is 18.7 Å². The monoisotopic (exact) mass is 348 g/mol. The number of carbonyl (C=O) groups is 1. The van der Waals surface area contributed by atoms with Crippen LogP contribution in [0.2, 0.25) is 0 Å². The lowest BCUT2D eigenvalue weighted by Gasteiger charge is -2.05. The Kier molecular flexibility index (Phi) is 4.15. The number of aromatic nitrogens is 2. The highest BCUT2D eigenvalue weighted by atomic mass is 16.5. The number of esters is 1. The number of fused-ring (bicyclic) bond motifs is 1. The van der Waals surface area contributed by atoms with Crippen LogP contribution in [0.1, 0.15) is 16.3 Å². The molecule has 6 nitrogen and oxygen atoms in total. The zero-order valence-corrected chi connectivity index (χ0v) is 14.1. The highest BCUT2D eigenvalue weighted by molar-refractivity contribution is 5.86. The van der Waals surface area contributed by atoms with Crippen molar-refractivity contribution in [3.63, 3.8) is 0 Å². The maximum atomic E-state index is 11.4. The normalized spacial score (nSPS) is 10.8. The van der Waals surface area contributed by atoms with Crippen LogP contribution < -0.4 is 4.74 Å². The molecule has 26 heavy (non-hydrogen) atoms. The molecule has 1 N–H and O–H groups in total. The van der Waals surface area contributed by atoms with Gasteiger partial charge in [-0.1, -0.05) is 12.1 Å². The zero-order chi connectivity index (χ0) is 17.9. The predicted octanol–water partition coefficient (Wildman–Crippen LogP) is 4.19. The topological polar surface area (TPSA) is 77.4 Å². The van der Waals surface area contributed by atoms with Gasteiger partial charge in [-0.15, -0.1) is 0 Å². The molecule has 0 aliphatic carbocycles. The highest BCUT2D eigenvalue weighted by Crippen LogP contribution is 2.23. The molecule has 4 aromatic rings. The molecular formula is C20H16N2O4. The molecule has 0 fully saturated rings. The molecule has 2 aromatic carbocycles. The van der Waals surface area contributed by atoms with Crippen molar-refractivity contribution in [1.29, 1.82) is 0 Å². The average Bonchev–Trinajstić information content (AvgIpc) is 3.33. The third kappa shape index (κ3) is 3.17. The lowest BCUT2D eigenvalue weighted by atomic mass is 10.2. The molecule has 0 radical (unpaired) electrons. The van der Waals surface area contributed by atoms with E-state index in [0.29, 0.717) is 11.5 Å². The van der Waals surface area contributed by atoms with Crippen LogP contribution in [0.4, 0.5) is 0 Å².